The molecule has 0 aliphatic carbocycles. The van der Waals surface area contributed by atoms with Crippen LogP contribution in [0.3, 0.4) is 0 Å². The topological polar surface area (TPSA) is 18.5 Å². The summed E-state index contributed by atoms with van der Waals surface area (Å²) in [6, 6.07) is 2.30. The molecular formula is C18H30O2S. The summed E-state index contributed by atoms with van der Waals surface area (Å²) in [4.78, 5) is 2.81. The molecular weight excluding hydrogens is 280 g/mol. The number of hydrogen-bond acceptors (Lipinski definition) is 3. The Morgan fingerprint density at radius 3 is 2.52 bits per heavy atom. The van der Waals surface area contributed by atoms with Crippen molar-refractivity contribution in [1.29, 1.82) is 0 Å². The van der Waals surface area contributed by atoms with Crippen molar-refractivity contribution >= 4 is 16.9 Å². The smallest absolute Gasteiger partial charge is 0.0700 e. The molecule has 1 rings (SSSR count). The Balaban J connectivity index is 2.30. The molecule has 1 aromatic rings. The number of thiophene rings is 1. The minimum absolute atomic E-state index is 0.700. The summed E-state index contributed by atoms with van der Waals surface area (Å²) >= 11 is 1.89. The van der Waals surface area contributed by atoms with Gasteiger partial charge < -0.3 is 9.47 Å². The first-order chi connectivity index (χ1) is 10.2. The van der Waals surface area contributed by atoms with E-state index in [2.05, 4.69) is 39.8 Å². The largest absolute Gasteiger partial charge is 0.379 e. The van der Waals surface area contributed by atoms with E-state index >= 15 is 0 Å². The summed E-state index contributed by atoms with van der Waals surface area (Å²) in [6.07, 6.45) is 6.71. The molecule has 2 nitrogen and oxygen atoms in total. The predicted molar refractivity (Wildman–Crippen MR) is 93.2 cm³/mol. The second-order valence-electron chi connectivity index (χ2n) is 5.34. The number of aryl methyl sites for hydroxylation is 1. The third-order valence-electron chi connectivity index (χ3n) is 3.33. The lowest BCUT2D eigenvalue weighted by Gasteiger charge is -2.07. The summed E-state index contributed by atoms with van der Waals surface area (Å²) in [6.45, 7) is 11.8. The first-order valence-electron chi connectivity index (χ1n) is 8.10. The highest BCUT2D eigenvalue weighted by atomic mass is 32.1. The molecule has 0 radical (unpaired) electrons. The summed E-state index contributed by atoms with van der Waals surface area (Å²) in [7, 11) is 0. The average molecular weight is 311 g/mol. The molecule has 0 saturated heterocycles. The molecule has 0 spiro atoms. The Labute approximate surface area is 134 Å². The van der Waals surface area contributed by atoms with E-state index in [1.807, 2.05) is 11.3 Å². The number of unbranched alkanes of at least 4 members (excludes halogenated alkanes) is 1. The molecule has 120 valence electrons. The van der Waals surface area contributed by atoms with Gasteiger partial charge in [-0.3, -0.25) is 0 Å². The van der Waals surface area contributed by atoms with Crippen molar-refractivity contribution < 1.29 is 9.47 Å². The van der Waals surface area contributed by atoms with Gasteiger partial charge in [0.1, 0.15) is 0 Å². The van der Waals surface area contributed by atoms with Gasteiger partial charge in [-0.2, -0.15) is 0 Å². The molecule has 0 fully saturated rings. The lowest BCUT2D eigenvalue weighted by molar-refractivity contribution is 0.0479. The molecule has 0 aromatic carbocycles. The van der Waals surface area contributed by atoms with Gasteiger partial charge in [0.2, 0.25) is 0 Å². The van der Waals surface area contributed by atoms with E-state index in [1.165, 1.54) is 27.3 Å². The maximum atomic E-state index is 5.68. The van der Waals surface area contributed by atoms with Gasteiger partial charge in [-0.25, -0.2) is 0 Å². The maximum Gasteiger partial charge on any atom is 0.0700 e. The quantitative estimate of drug-likeness (QED) is 0.520. The summed E-state index contributed by atoms with van der Waals surface area (Å²) in [5, 5.41) is 0. The van der Waals surface area contributed by atoms with Crippen LogP contribution in [-0.4, -0.2) is 26.4 Å². The van der Waals surface area contributed by atoms with Crippen molar-refractivity contribution in [1.82, 2.24) is 0 Å². The molecule has 21 heavy (non-hydrogen) atoms. The van der Waals surface area contributed by atoms with Gasteiger partial charge in [-0.05, 0) is 50.3 Å². The van der Waals surface area contributed by atoms with Gasteiger partial charge in [0.15, 0.2) is 0 Å². The number of ether oxygens (including phenoxy) is 2. The standard InChI is InChI=1S/C18H30O2S/c1-5-7-10-19-12-13-20-11-9-17-14-16(4)21-18(17)15(3)8-6-2/h8,14H,5-7,9-13H2,1-4H3/b15-8+. The van der Waals surface area contributed by atoms with Gasteiger partial charge in [0.25, 0.3) is 0 Å². The maximum absolute atomic E-state index is 5.68. The molecule has 0 N–H and O–H groups in total. The Morgan fingerprint density at radius 1 is 1.14 bits per heavy atom. The zero-order valence-corrected chi connectivity index (χ0v) is 14.9. The second-order valence-corrected chi connectivity index (χ2v) is 6.59. The summed E-state index contributed by atoms with van der Waals surface area (Å²) in [5.74, 6) is 0. The zero-order chi connectivity index (χ0) is 15.5. The fraction of sp³-hybridized carbons (Fsp3) is 0.667. The van der Waals surface area contributed by atoms with Crippen LogP contribution < -0.4 is 0 Å². The summed E-state index contributed by atoms with van der Waals surface area (Å²) < 4.78 is 11.2. The van der Waals surface area contributed by atoms with Crippen LogP contribution >= 0.6 is 11.3 Å². The lowest BCUT2D eigenvalue weighted by Crippen LogP contribution is -2.07. The monoisotopic (exact) mass is 310 g/mol. The van der Waals surface area contributed by atoms with E-state index < -0.39 is 0 Å². The molecule has 0 unspecified atom stereocenters. The van der Waals surface area contributed by atoms with Crippen LogP contribution in [0, 0.1) is 6.92 Å². The third kappa shape index (κ3) is 7.25. The van der Waals surface area contributed by atoms with Gasteiger partial charge >= 0.3 is 0 Å². The predicted octanol–water partition coefficient (Wildman–Crippen LogP) is 5.25. The van der Waals surface area contributed by atoms with E-state index in [9.17, 15) is 0 Å². The molecule has 0 saturated carbocycles. The molecule has 3 heteroatoms. The Morgan fingerprint density at radius 2 is 1.86 bits per heavy atom. The Kier molecular flexibility index (Phi) is 9.64. The van der Waals surface area contributed by atoms with Gasteiger partial charge in [-0.15, -0.1) is 11.3 Å². The van der Waals surface area contributed by atoms with E-state index in [4.69, 9.17) is 9.47 Å². The molecule has 1 heterocycles. The van der Waals surface area contributed by atoms with Crippen molar-refractivity contribution in [3.63, 3.8) is 0 Å². The van der Waals surface area contributed by atoms with E-state index in [0.717, 1.165) is 32.5 Å². The SMILES string of the molecule is CC/C=C(\C)c1sc(C)cc1CCOCCOCCCC. The molecule has 0 atom stereocenters. The van der Waals surface area contributed by atoms with Crippen LogP contribution in [0.25, 0.3) is 5.57 Å². The molecule has 0 aliphatic heterocycles. The highest BCUT2D eigenvalue weighted by molar-refractivity contribution is 7.13. The normalized spacial score (nSPS) is 12.1. The second kappa shape index (κ2) is 11.0. The zero-order valence-electron chi connectivity index (χ0n) is 14.0. The highest BCUT2D eigenvalue weighted by Gasteiger charge is 2.08. The average Bonchev–Trinajstić information content (AvgIpc) is 2.83. The van der Waals surface area contributed by atoms with Crippen LogP contribution in [0.5, 0.6) is 0 Å². The number of allylic oxidation sites excluding steroid dienone is 2. The van der Waals surface area contributed by atoms with Crippen LogP contribution in [0.2, 0.25) is 0 Å². The van der Waals surface area contributed by atoms with E-state index in [1.54, 1.807) is 0 Å². The van der Waals surface area contributed by atoms with Crippen LogP contribution in [0.15, 0.2) is 12.1 Å². The van der Waals surface area contributed by atoms with Gasteiger partial charge in [0, 0.05) is 16.4 Å². The first-order valence-corrected chi connectivity index (χ1v) is 8.92. The lowest BCUT2D eigenvalue weighted by atomic mass is 10.1. The fourth-order valence-electron chi connectivity index (χ4n) is 2.24. The first kappa shape index (κ1) is 18.4. The minimum Gasteiger partial charge on any atom is -0.379 e. The Bertz CT molecular complexity index is 421. The third-order valence-corrected chi connectivity index (χ3v) is 4.56. The molecule has 0 bridgehead atoms. The van der Waals surface area contributed by atoms with Crippen molar-refractivity contribution in [3.8, 4) is 0 Å². The minimum atomic E-state index is 0.700. The van der Waals surface area contributed by atoms with Gasteiger partial charge in [0.05, 0.1) is 19.8 Å². The number of rotatable bonds is 11. The highest BCUT2D eigenvalue weighted by Crippen LogP contribution is 2.29. The van der Waals surface area contributed by atoms with Crippen LogP contribution in [0.1, 0.15) is 55.4 Å². The fourth-order valence-corrected chi connectivity index (χ4v) is 3.30. The number of hydrogen-bond donors (Lipinski definition) is 0. The van der Waals surface area contributed by atoms with Crippen LogP contribution in [-0.2, 0) is 15.9 Å². The summed E-state index contributed by atoms with van der Waals surface area (Å²) in [5.41, 5.74) is 2.82. The molecule has 0 aliphatic rings. The van der Waals surface area contributed by atoms with Crippen LogP contribution in [0.4, 0.5) is 0 Å². The van der Waals surface area contributed by atoms with Crippen molar-refractivity contribution in [2.24, 2.45) is 0 Å². The molecule has 1 aromatic heterocycles. The van der Waals surface area contributed by atoms with E-state index in [-0.39, 0.29) is 0 Å². The van der Waals surface area contributed by atoms with Crippen molar-refractivity contribution in [2.75, 3.05) is 26.4 Å². The molecule has 0 amide bonds. The van der Waals surface area contributed by atoms with Crippen molar-refractivity contribution in [2.45, 2.75) is 53.4 Å². The van der Waals surface area contributed by atoms with E-state index in [0.29, 0.717) is 13.2 Å². The van der Waals surface area contributed by atoms with Gasteiger partial charge in [-0.1, -0.05) is 26.3 Å². The van der Waals surface area contributed by atoms with Crippen molar-refractivity contribution in [3.05, 3.63) is 27.5 Å². The Hall–Kier alpha value is -0.640.